The molecule has 3 rings (SSSR count). The molecule has 0 atom stereocenters. The molecule has 0 unspecified atom stereocenters. The molecule has 0 bridgehead atoms. The number of rotatable bonds is 4. The quantitative estimate of drug-likeness (QED) is 0.822. The van der Waals surface area contributed by atoms with Gasteiger partial charge in [0.15, 0.2) is 0 Å². The van der Waals surface area contributed by atoms with Crippen LogP contribution in [0.4, 0.5) is 4.79 Å². The van der Waals surface area contributed by atoms with E-state index >= 15 is 0 Å². The Kier molecular flexibility index (Phi) is 4.89. The number of carboxylic acid groups (broad SMARTS) is 1. The average Bonchev–Trinajstić information content (AvgIpc) is 2.89. The second kappa shape index (κ2) is 6.95. The average molecular weight is 364 g/mol. The largest absolute Gasteiger partial charge is 0.480 e. The Hall–Kier alpha value is -2.22. The van der Waals surface area contributed by atoms with Crippen molar-refractivity contribution in [2.45, 2.75) is 23.3 Å². The van der Waals surface area contributed by atoms with E-state index in [2.05, 4.69) is 0 Å². The van der Waals surface area contributed by atoms with Crippen LogP contribution in [0.5, 0.6) is 0 Å². The number of carbonyl (C=O) groups is 3. The minimum atomic E-state index is -1.06. The second-order valence-electron chi connectivity index (χ2n) is 6.29. The summed E-state index contributed by atoms with van der Waals surface area (Å²) in [7, 11) is 0. The molecule has 2 heterocycles. The van der Waals surface area contributed by atoms with Crippen molar-refractivity contribution >= 4 is 29.7 Å². The van der Waals surface area contributed by atoms with Gasteiger partial charge in [-0.2, -0.15) is 0 Å². The normalized spacial score (nSPS) is 19.2. The molecule has 25 heavy (non-hydrogen) atoms. The van der Waals surface area contributed by atoms with Gasteiger partial charge in [-0.25, -0.2) is 4.79 Å². The van der Waals surface area contributed by atoms with Crippen LogP contribution < -0.4 is 0 Å². The first-order chi connectivity index (χ1) is 11.9. The summed E-state index contributed by atoms with van der Waals surface area (Å²) in [6.45, 7) is 0.872. The number of thioether (sulfide) groups is 1. The zero-order valence-corrected chi connectivity index (χ0v) is 14.8. The third-order valence-electron chi connectivity index (χ3n) is 4.67. The van der Waals surface area contributed by atoms with E-state index in [0.717, 1.165) is 4.90 Å². The molecular formula is C17H20N2O5S. The molecule has 134 valence electrons. The number of benzene rings is 1. The van der Waals surface area contributed by atoms with Crippen LogP contribution in [0.25, 0.3) is 0 Å². The van der Waals surface area contributed by atoms with Crippen molar-refractivity contribution in [3.63, 3.8) is 0 Å². The maximum atomic E-state index is 12.8. The topological polar surface area (TPSA) is 87.2 Å². The zero-order chi connectivity index (χ0) is 18.0. The number of amides is 2. The van der Waals surface area contributed by atoms with Gasteiger partial charge in [-0.15, -0.1) is 11.8 Å². The van der Waals surface area contributed by atoms with Crippen molar-refractivity contribution in [3.8, 4) is 0 Å². The Morgan fingerprint density at radius 1 is 1.28 bits per heavy atom. The lowest BCUT2D eigenvalue weighted by atomic mass is 9.91. The molecule has 0 radical (unpaired) electrons. The summed E-state index contributed by atoms with van der Waals surface area (Å²) < 4.78 is 5.46. The van der Waals surface area contributed by atoms with E-state index < -0.39 is 17.7 Å². The fraction of sp³-hybridized carbons (Fsp3) is 0.471. The third-order valence-corrected chi connectivity index (χ3v) is 5.46. The predicted molar refractivity (Wildman–Crippen MR) is 91.8 cm³/mol. The third kappa shape index (κ3) is 3.58. The fourth-order valence-corrected chi connectivity index (χ4v) is 3.94. The number of carbonyl (C=O) groups excluding carboxylic acids is 2. The van der Waals surface area contributed by atoms with Gasteiger partial charge < -0.3 is 14.7 Å². The standard InChI is InChI=1S/C17H20N2O5S/c1-25-13-5-3-2-4-12(13)15(22)18-8-6-17(7-9-18)11-19(10-14(20)21)16(23)24-17/h2-5H,6-11H2,1H3,(H,20,21). The molecule has 1 spiro atoms. The van der Waals surface area contributed by atoms with E-state index in [1.807, 2.05) is 30.5 Å². The minimum Gasteiger partial charge on any atom is -0.480 e. The monoisotopic (exact) mass is 364 g/mol. The Labute approximate surface area is 149 Å². The Morgan fingerprint density at radius 3 is 2.60 bits per heavy atom. The summed E-state index contributed by atoms with van der Waals surface area (Å²) >= 11 is 1.53. The van der Waals surface area contributed by atoms with Gasteiger partial charge in [0.1, 0.15) is 12.1 Å². The highest BCUT2D eigenvalue weighted by atomic mass is 32.2. The first kappa shape index (κ1) is 17.6. The van der Waals surface area contributed by atoms with Gasteiger partial charge in [0.2, 0.25) is 0 Å². The minimum absolute atomic E-state index is 0.0217. The number of hydrogen-bond acceptors (Lipinski definition) is 5. The van der Waals surface area contributed by atoms with Gasteiger partial charge >= 0.3 is 12.1 Å². The Balaban J connectivity index is 1.65. The Morgan fingerprint density at radius 2 is 1.96 bits per heavy atom. The number of carboxylic acids is 1. The van der Waals surface area contributed by atoms with Crippen LogP contribution in [-0.2, 0) is 9.53 Å². The van der Waals surface area contributed by atoms with E-state index in [-0.39, 0.29) is 19.0 Å². The molecular weight excluding hydrogens is 344 g/mol. The predicted octanol–water partition coefficient (Wildman–Crippen LogP) is 1.92. The van der Waals surface area contributed by atoms with Crippen LogP contribution in [0.3, 0.4) is 0 Å². The van der Waals surface area contributed by atoms with Gasteiger partial charge in [0, 0.05) is 30.8 Å². The number of likely N-dealkylation sites (tertiary alicyclic amines) is 1. The van der Waals surface area contributed by atoms with Gasteiger partial charge in [0.25, 0.3) is 5.91 Å². The van der Waals surface area contributed by atoms with Crippen molar-refractivity contribution in [1.29, 1.82) is 0 Å². The first-order valence-corrected chi connectivity index (χ1v) is 9.29. The van der Waals surface area contributed by atoms with Gasteiger partial charge in [-0.1, -0.05) is 12.1 Å². The van der Waals surface area contributed by atoms with Crippen LogP contribution in [-0.4, -0.2) is 70.9 Å². The van der Waals surface area contributed by atoms with Gasteiger partial charge in [0.05, 0.1) is 12.1 Å². The maximum absolute atomic E-state index is 12.8. The highest BCUT2D eigenvalue weighted by molar-refractivity contribution is 7.98. The summed E-state index contributed by atoms with van der Waals surface area (Å²) in [5, 5.41) is 8.86. The molecule has 2 fully saturated rings. The summed E-state index contributed by atoms with van der Waals surface area (Å²) in [5.41, 5.74) is 0.00405. The number of piperidine rings is 1. The van der Waals surface area contributed by atoms with E-state index in [1.54, 1.807) is 4.90 Å². The van der Waals surface area contributed by atoms with Crippen LogP contribution >= 0.6 is 11.8 Å². The molecule has 0 aromatic heterocycles. The number of nitrogens with zero attached hydrogens (tertiary/aromatic N) is 2. The van der Waals surface area contributed by atoms with Crippen LogP contribution in [0, 0.1) is 0 Å². The lowest BCUT2D eigenvalue weighted by Gasteiger charge is -2.37. The second-order valence-corrected chi connectivity index (χ2v) is 7.14. The molecule has 2 saturated heterocycles. The number of ether oxygens (including phenoxy) is 1. The summed E-state index contributed by atoms with van der Waals surface area (Å²) in [6, 6.07) is 7.50. The van der Waals surface area contributed by atoms with Crippen LogP contribution in [0.1, 0.15) is 23.2 Å². The van der Waals surface area contributed by atoms with Gasteiger partial charge in [-0.05, 0) is 18.4 Å². The number of hydrogen-bond donors (Lipinski definition) is 1. The van der Waals surface area contributed by atoms with Crippen molar-refractivity contribution < 1.29 is 24.2 Å². The van der Waals surface area contributed by atoms with Gasteiger partial charge in [-0.3, -0.25) is 14.5 Å². The van der Waals surface area contributed by atoms with E-state index in [1.165, 1.54) is 16.7 Å². The molecule has 1 N–H and O–H groups in total. The maximum Gasteiger partial charge on any atom is 0.411 e. The molecule has 2 aliphatic heterocycles. The summed E-state index contributed by atoms with van der Waals surface area (Å²) in [6.07, 6.45) is 2.38. The van der Waals surface area contributed by atoms with Crippen molar-refractivity contribution in [2.75, 3.05) is 32.4 Å². The lowest BCUT2D eigenvalue weighted by Crippen LogP contribution is -2.49. The summed E-state index contributed by atoms with van der Waals surface area (Å²) in [5.74, 6) is -1.08. The van der Waals surface area contributed by atoms with E-state index in [9.17, 15) is 14.4 Å². The number of aliphatic carboxylic acids is 1. The van der Waals surface area contributed by atoms with Crippen molar-refractivity contribution in [1.82, 2.24) is 9.80 Å². The highest BCUT2D eigenvalue weighted by Gasteiger charge is 2.48. The first-order valence-electron chi connectivity index (χ1n) is 8.06. The molecule has 2 amide bonds. The van der Waals surface area contributed by atoms with E-state index in [4.69, 9.17) is 9.84 Å². The molecule has 0 aliphatic carbocycles. The smallest absolute Gasteiger partial charge is 0.411 e. The SMILES string of the molecule is CSc1ccccc1C(=O)N1CCC2(CC1)CN(CC(=O)O)C(=O)O2. The molecule has 1 aromatic rings. The van der Waals surface area contributed by atoms with Crippen LogP contribution in [0.15, 0.2) is 29.2 Å². The highest BCUT2D eigenvalue weighted by Crippen LogP contribution is 2.34. The molecule has 8 heteroatoms. The van der Waals surface area contributed by atoms with Crippen molar-refractivity contribution in [2.24, 2.45) is 0 Å². The zero-order valence-electron chi connectivity index (χ0n) is 13.9. The Bertz CT molecular complexity index is 700. The molecule has 7 nitrogen and oxygen atoms in total. The summed E-state index contributed by atoms with van der Waals surface area (Å²) in [4.78, 5) is 39.4. The molecule has 1 aromatic carbocycles. The lowest BCUT2D eigenvalue weighted by molar-refractivity contribution is -0.137. The molecule has 2 aliphatic rings. The fourth-order valence-electron chi connectivity index (χ4n) is 3.35. The van der Waals surface area contributed by atoms with E-state index in [0.29, 0.717) is 31.5 Å². The van der Waals surface area contributed by atoms with Crippen molar-refractivity contribution in [3.05, 3.63) is 29.8 Å². The van der Waals surface area contributed by atoms with Crippen LogP contribution in [0.2, 0.25) is 0 Å². The molecule has 0 saturated carbocycles.